The fourth-order valence-electron chi connectivity index (χ4n) is 3.18. The highest BCUT2D eigenvalue weighted by atomic mass is 79.9. The summed E-state index contributed by atoms with van der Waals surface area (Å²) in [5.41, 5.74) is 0.946. The van der Waals surface area contributed by atoms with E-state index in [4.69, 9.17) is 0 Å². The van der Waals surface area contributed by atoms with Crippen molar-refractivity contribution in [2.24, 2.45) is 0 Å². The van der Waals surface area contributed by atoms with E-state index in [9.17, 15) is 4.79 Å². The maximum atomic E-state index is 12.8. The molecule has 0 unspecified atom stereocenters. The quantitative estimate of drug-likeness (QED) is 0.736. The first-order valence-corrected chi connectivity index (χ1v) is 10.2. The average Bonchev–Trinajstić information content (AvgIpc) is 3.06. The first-order chi connectivity index (χ1) is 12.0. The number of likely N-dealkylation sites (N-methyl/N-ethyl adjacent to an activating group) is 1. The molecular weight excluding hydrogens is 398 g/mol. The van der Waals surface area contributed by atoms with E-state index in [1.165, 1.54) is 8.66 Å². The van der Waals surface area contributed by atoms with Crippen LogP contribution in [0.5, 0.6) is 0 Å². The molecule has 25 heavy (non-hydrogen) atoms. The Hall–Kier alpha value is -1.21. The van der Waals surface area contributed by atoms with Crippen LogP contribution in [0.4, 0.5) is 5.69 Å². The Morgan fingerprint density at radius 2 is 1.84 bits per heavy atom. The molecule has 1 fully saturated rings. The molecule has 1 aromatic heterocycles. The number of anilines is 1. The molecular formula is C19H24BrN3OS. The van der Waals surface area contributed by atoms with Gasteiger partial charge in [0.25, 0.3) is 0 Å². The van der Waals surface area contributed by atoms with E-state index in [2.05, 4.69) is 37.9 Å². The largest absolute Gasteiger partial charge is 0.314 e. The van der Waals surface area contributed by atoms with Crippen molar-refractivity contribution >= 4 is 38.9 Å². The first kappa shape index (κ1) is 18.6. The number of para-hydroxylation sites is 1. The third-order valence-electron chi connectivity index (χ3n) is 4.79. The summed E-state index contributed by atoms with van der Waals surface area (Å²) in [7, 11) is 1.86. The van der Waals surface area contributed by atoms with E-state index < -0.39 is 0 Å². The fraction of sp³-hybridized carbons (Fsp3) is 0.421. The minimum atomic E-state index is -0.0942. The molecule has 1 saturated heterocycles. The number of carbonyl (C=O) groups excluding carboxylic acids is 1. The standard InChI is InChI=1S/C19H24BrN3OS/c1-15(19(24)21(2)16-6-4-3-5-7-16)23-12-10-22(11-13-23)14-17-8-9-18(20)25-17/h3-9,15H,10-14H2,1-2H3/t15-/m0/s1. The lowest BCUT2D eigenvalue weighted by molar-refractivity contribution is -0.123. The maximum absolute atomic E-state index is 12.8. The molecule has 6 heteroatoms. The van der Waals surface area contributed by atoms with Crippen LogP contribution in [0.2, 0.25) is 0 Å². The second-order valence-electron chi connectivity index (χ2n) is 6.43. The van der Waals surface area contributed by atoms with Crippen molar-refractivity contribution < 1.29 is 4.79 Å². The highest BCUT2D eigenvalue weighted by molar-refractivity contribution is 9.11. The Balaban J connectivity index is 1.52. The molecule has 0 bridgehead atoms. The van der Waals surface area contributed by atoms with Crippen molar-refractivity contribution in [3.05, 3.63) is 51.1 Å². The number of nitrogens with zero attached hydrogens (tertiary/aromatic N) is 3. The highest BCUT2D eigenvalue weighted by Crippen LogP contribution is 2.24. The monoisotopic (exact) mass is 421 g/mol. The number of benzene rings is 1. The maximum Gasteiger partial charge on any atom is 0.243 e. The van der Waals surface area contributed by atoms with Crippen molar-refractivity contribution in [3.8, 4) is 0 Å². The Labute approximate surface area is 162 Å². The number of carbonyl (C=O) groups is 1. The summed E-state index contributed by atoms with van der Waals surface area (Å²) in [6.07, 6.45) is 0. The minimum absolute atomic E-state index is 0.0942. The second-order valence-corrected chi connectivity index (χ2v) is 8.97. The van der Waals surface area contributed by atoms with Crippen LogP contribution in [-0.4, -0.2) is 55.0 Å². The van der Waals surface area contributed by atoms with Crippen molar-refractivity contribution in [1.29, 1.82) is 0 Å². The summed E-state index contributed by atoms with van der Waals surface area (Å²) in [5, 5.41) is 0. The van der Waals surface area contributed by atoms with Gasteiger partial charge in [-0.3, -0.25) is 14.6 Å². The molecule has 1 aliphatic heterocycles. The zero-order chi connectivity index (χ0) is 17.8. The molecule has 0 spiro atoms. The van der Waals surface area contributed by atoms with Gasteiger partial charge in [0.1, 0.15) is 0 Å². The first-order valence-electron chi connectivity index (χ1n) is 8.58. The van der Waals surface area contributed by atoms with Crippen molar-refractivity contribution in [2.75, 3.05) is 38.1 Å². The highest BCUT2D eigenvalue weighted by Gasteiger charge is 2.28. The summed E-state index contributed by atoms with van der Waals surface area (Å²) in [6.45, 7) is 6.89. The van der Waals surface area contributed by atoms with Crippen LogP contribution in [0.1, 0.15) is 11.8 Å². The van der Waals surface area contributed by atoms with Crippen molar-refractivity contribution in [3.63, 3.8) is 0 Å². The van der Waals surface area contributed by atoms with Gasteiger partial charge in [-0.25, -0.2) is 0 Å². The van der Waals surface area contributed by atoms with Crippen LogP contribution in [0.25, 0.3) is 0 Å². The minimum Gasteiger partial charge on any atom is -0.314 e. The van der Waals surface area contributed by atoms with Gasteiger partial charge in [0.05, 0.1) is 9.83 Å². The number of thiophene rings is 1. The van der Waals surface area contributed by atoms with Gasteiger partial charge in [-0.1, -0.05) is 18.2 Å². The smallest absolute Gasteiger partial charge is 0.243 e. The van der Waals surface area contributed by atoms with Crippen LogP contribution in [-0.2, 0) is 11.3 Å². The number of rotatable bonds is 5. The van der Waals surface area contributed by atoms with Gasteiger partial charge < -0.3 is 4.90 Å². The molecule has 4 nitrogen and oxygen atoms in total. The predicted molar refractivity (Wildman–Crippen MR) is 108 cm³/mol. The van der Waals surface area contributed by atoms with Gasteiger partial charge in [0.2, 0.25) is 5.91 Å². The summed E-state index contributed by atoms with van der Waals surface area (Å²) < 4.78 is 1.18. The molecule has 1 amide bonds. The summed E-state index contributed by atoms with van der Waals surface area (Å²) in [5.74, 6) is 0.154. The topological polar surface area (TPSA) is 26.8 Å². The molecule has 3 rings (SSSR count). The van der Waals surface area contributed by atoms with Gasteiger partial charge in [0.15, 0.2) is 0 Å². The molecule has 0 aliphatic carbocycles. The molecule has 0 N–H and O–H groups in total. The SMILES string of the molecule is C[C@@H](C(=O)N(C)c1ccccc1)N1CCN(Cc2ccc(Br)s2)CC1. The number of amides is 1. The van der Waals surface area contributed by atoms with Crippen LogP contribution in [0.15, 0.2) is 46.3 Å². The van der Waals surface area contributed by atoms with Crippen LogP contribution < -0.4 is 4.90 Å². The Kier molecular flexibility index (Phi) is 6.28. The van der Waals surface area contributed by atoms with Crippen molar-refractivity contribution in [2.45, 2.75) is 19.5 Å². The van der Waals surface area contributed by atoms with Gasteiger partial charge in [-0.05, 0) is 47.1 Å². The Bertz CT molecular complexity index is 698. The third kappa shape index (κ3) is 4.70. The summed E-state index contributed by atoms with van der Waals surface area (Å²) >= 11 is 5.32. The van der Waals surface area contributed by atoms with E-state index >= 15 is 0 Å². The number of halogens is 1. The average molecular weight is 422 g/mol. The normalized spacial score (nSPS) is 17.4. The van der Waals surface area contributed by atoms with Crippen LogP contribution in [0, 0.1) is 0 Å². The number of hydrogen-bond acceptors (Lipinski definition) is 4. The van der Waals surface area contributed by atoms with Gasteiger partial charge in [-0.15, -0.1) is 11.3 Å². The number of piperazine rings is 1. The van der Waals surface area contributed by atoms with E-state index in [0.29, 0.717) is 0 Å². The molecule has 1 aliphatic rings. The Morgan fingerprint density at radius 3 is 2.44 bits per heavy atom. The lowest BCUT2D eigenvalue weighted by atomic mass is 10.2. The molecule has 0 saturated carbocycles. The van der Waals surface area contributed by atoms with Gasteiger partial charge >= 0.3 is 0 Å². The summed E-state index contributed by atoms with van der Waals surface area (Å²) in [6, 6.07) is 14.0. The molecule has 1 aromatic carbocycles. The van der Waals surface area contributed by atoms with Crippen LogP contribution >= 0.6 is 27.3 Å². The lowest BCUT2D eigenvalue weighted by Gasteiger charge is -2.38. The van der Waals surface area contributed by atoms with E-state index in [0.717, 1.165) is 38.4 Å². The molecule has 134 valence electrons. The van der Waals surface area contributed by atoms with E-state index in [-0.39, 0.29) is 11.9 Å². The zero-order valence-corrected chi connectivity index (χ0v) is 17.1. The molecule has 2 heterocycles. The third-order valence-corrected chi connectivity index (χ3v) is 6.40. The fourth-order valence-corrected chi connectivity index (χ4v) is 4.71. The van der Waals surface area contributed by atoms with Crippen LogP contribution in [0.3, 0.4) is 0 Å². The molecule has 2 aromatic rings. The predicted octanol–water partition coefficient (Wildman–Crippen LogP) is 3.68. The molecule has 0 radical (unpaired) electrons. The van der Waals surface area contributed by atoms with Gasteiger partial charge in [-0.2, -0.15) is 0 Å². The lowest BCUT2D eigenvalue weighted by Crippen LogP contribution is -2.53. The zero-order valence-electron chi connectivity index (χ0n) is 14.7. The van der Waals surface area contributed by atoms with E-state index in [1.54, 1.807) is 16.2 Å². The summed E-state index contributed by atoms with van der Waals surface area (Å²) in [4.78, 5) is 20.7. The van der Waals surface area contributed by atoms with E-state index in [1.807, 2.05) is 44.3 Å². The number of hydrogen-bond donors (Lipinski definition) is 0. The van der Waals surface area contributed by atoms with Crippen molar-refractivity contribution in [1.82, 2.24) is 9.80 Å². The second kappa shape index (κ2) is 8.45. The molecule has 1 atom stereocenters. The van der Waals surface area contributed by atoms with Gasteiger partial charge in [0, 0.05) is 50.3 Å². The Morgan fingerprint density at radius 1 is 1.16 bits per heavy atom.